The summed E-state index contributed by atoms with van der Waals surface area (Å²) in [6, 6.07) is 6.26. The second-order valence-corrected chi connectivity index (χ2v) is 6.63. The maximum atomic E-state index is 11.9. The highest BCUT2D eigenvalue weighted by atomic mass is 16.5. The molecule has 0 aliphatic heterocycles. The number of carbonyl (C=O) groups excluding carboxylic acids is 1. The van der Waals surface area contributed by atoms with E-state index >= 15 is 0 Å². The number of amides is 1. The number of hydrogen-bond donors (Lipinski definition) is 2. The Kier molecular flexibility index (Phi) is 6.38. The average Bonchev–Trinajstić information content (AvgIpc) is 2.73. The number of aliphatic hydroxyl groups is 1. The Morgan fingerprint density at radius 3 is 2.47 bits per heavy atom. The van der Waals surface area contributed by atoms with E-state index in [9.17, 15) is 14.7 Å². The van der Waals surface area contributed by atoms with Crippen LogP contribution in [0.4, 0.5) is 0 Å². The molecule has 2 heterocycles. The molecule has 0 bridgehead atoms. The molecule has 2 aromatic heterocycles. The topological polar surface area (TPSA) is 131 Å². The molecule has 10 nitrogen and oxygen atoms in total. The Labute approximate surface area is 172 Å². The fourth-order valence-corrected chi connectivity index (χ4v) is 2.44. The summed E-state index contributed by atoms with van der Waals surface area (Å²) < 4.78 is 11.5. The van der Waals surface area contributed by atoms with E-state index in [0.29, 0.717) is 28.6 Å². The number of nitrogens with zero attached hydrogens (tertiary/aromatic N) is 4. The summed E-state index contributed by atoms with van der Waals surface area (Å²) in [4.78, 5) is 39.8. The Bertz CT molecular complexity index is 1080. The highest BCUT2D eigenvalue weighted by molar-refractivity contribution is 5.89. The maximum Gasteiger partial charge on any atom is 0.291 e. The molecular formula is C20H21N5O5. The van der Waals surface area contributed by atoms with E-state index < -0.39 is 6.10 Å². The fourth-order valence-electron chi connectivity index (χ4n) is 2.44. The normalized spacial score (nSPS) is 11.6. The molecule has 0 aliphatic carbocycles. The monoisotopic (exact) mass is 411 g/mol. The molecule has 1 amide bonds. The van der Waals surface area contributed by atoms with Crippen LogP contribution in [0, 0.1) is 0 Å². The molecule has 0 saturated carbocycles. The lowest BCUT2D eigenvalue weighted by molar-refractivity contribution is 0.0815. The van der Waals surface area contributed by atoms with Gasteiger partial charge in [-0.05, 0) is 19.1 Å². The zero-order valence-electron chi connectivity index (χ0n) is 16.7. The first-order valence-electron chi connectivity index (χ1n) is 9.05. The highest BCUT2D eigenvalue weighted by Gasteiger charge is 2.13. The van der Waals surface area contributed by atoms with Crippen molar-refractivity contribution in [1.29, 1.82) is 0 Å². The molecule has 30 heavy (non-hydrogen) atoms. The molecule has 0 spiro atoms. The first kappa shape index (κ1) is 20.9. The number of hydrogen-bond acceptors (Lipinski definition) is 8. The predicted molar refractivity (Wildman–Crippen MR) is 108 cm³/mol. The Morgan fingerprint density at radius 2 is 1.83 bits per heavy atom. The smallest absolute Gasteiger partial charge is 0.291 e. The van der Waals surface area contributed by atoms with Gasteiger partial charge >= 0.3 is 0 Å². The maximum absolute atomic E-state index is 11.9. The van der Waals surface area contributed by atoms with Crippen molar-refractivity contribution in [2.24, 2.45) is 0 Å². The number of carbonyl (C=O) groups is 1. The lowest BCUT2D eigenvalue weighted by Gasteiger charge is -2.15. The lowest BCUT2D eigenvalue weighted by Crippen LogP contribution is -2.23. The Hall–Kier alpha value is -3.79. The number of H-pyrrole nitrogens is 1. The minimum absolute atomic E-state index is 0.0490. The summed E-state index contributed by atoms with van der Waals surface area (Å²) in [5, 5.41) is 9.27. The summed E-state index contributed by atoms with van der Waals surface area (Å²) in [5.74, 6) is 1.14. The molecule has 3 aromatic rings. The van der Waals surface area contributed by atoms with Crippen LogP contribution in [0.2, 0.25) is 0 Å². The molecule has 1 unspecified atom stereocenters. The van der Waals surface area contributed by atoms with Crippen LogP contribution in [0.3, 0.4) is 0 Å². The van der Waals surface area contributed by atoms with Gasteiger partial charge in [-0.1, -0.05) is 0 Å². The zero-order valence-corrected chi connectivity index (χ0v) is 16.7. The second-order valence-electron chi connectivity index (χ2n) is 6.63. The SMILES string of the molecule is CC(CO)Oc1cc(Oc2cnc(C(=O)N(C)C)nc2)cc(-c2nccc(=O)[nH]2)c1. The van der Waals surface area contributed by atoms with Crippen molar-refractivity contribution in [3.63, 3.8) is 0 Å². The number of aromatic nitrogens is 4. The van der Waals surface area contributed by atoms with E-state index in [2.05, 4.69) is 19.9 Å². The molecular weight excluding hydrogens is 390 g/mol. The molecule has 0 fully saturated rings. The minimum Gasteiger partial charge on any atom is -0.488 e. The van der Waals surface area contributed by atoms with Gasteiger partial charge in [0.15, 0.2) is 5.75 Å². The molecule has 1 aromatic carbocycles. The van der Waals surface area contributed by atoms with Crippen LogP contribution in [-0.4, -0.2) is 62.7 Å². The number of nitrogens with one attached hydrogen (secondary N) is 1. The fraction of sp³-hybridized carbons (Fsp3) is 0.250. The molecule has 10 heteroatoms. The van der Waals surface area contributed by atoms with Gasteiger partial charge in [0, 0.05) is 38.0 Å². The molecule has 1 atom stereocenters. The lowest BCUT2D eigenvalue weighted by atomic mass is 10.2. The summed E-state index contributed by atoms with van der Waals surface area (Å²) in [7, 11) is 3.22. The zero-order chi connectivity index (χ0) is 21.7. The van der Waals surface area contributed by atoms with Crippen molar-refractivity contribution in [2.75, 3.05) is 20.7 Å². The van der Waals surface area contributed by atoms with Gasteiger partial charge in [0.2, 0.25) is 5.82 Å². The Morgan fingerprint density at radius 1 is 1.13 bits per heavy atom. The number of ether oxygens (including phenoxy) is 2. The number of rotatable bonds is 7. The molecule has 0 saturated heterocycles. The van der Waals surface area contributed by atoms with Crippen molar-refractivity contribution in [2.45, 2.75) is 13.0 Å². The summed E-state index contributed by atoms with van der Waals surface area (Å²) >= 11 is 0. The Balaban J connectivity index is 1.93. The third-order valence-electron chi connectivity index (χ3n) is 3.88. The van der Waals surface area contributed by atoms with Gasteiger partial charge in [-0.25, -0.2) is 15.0 Å². The highest BCUT2D eigenvalue weighted by Crippen LogP contribution is 2.31. The van der Waals surface area contributed by atoms with Crippen molar-refractivity contribution in [1.82, 2.24) is 24.8 Å². The van der Waals surface area contributed by atoms with Crippen LogP contribution in [0.25, 0.3) is 11.4 Å². The average molecular weight is 411 g/mol. The molecule has 156 valence electrons. The van der Waals surface area contributed by atoms with E-state index in [4.69, 9.17) is 9.47 Å². The van der Waals surface area contributed by atoms with Gasteiger partial charge in [0.1, 0.15) is 23.4 Å². The van der Waals surface area contributed by atoms with Gasteiger partial charge in [-0.2, -0.15) is 0 Å². The van der Waals surface area contributed by atoms with Crippen molar-refractivity contribution in [3.8, 4) is 28.6 Å². The third-order valence-corrected chi connectivity index (χ3v) is 3.88. The third kappa shape index (κ3) is 5.17. The summed E-state index contributed by atoms with van der Waals surface area (Å²) in [5.41, 5.74) is 0.248. The summed E-state index contributed by atoms with van der Waals surface area (Å²) in [6.45, 7) is 1.54. The van der Waals surface area contributed by atoms with Crippen molar-refractivity contribution >= 4 is 5.91 Å². The van der Waals surface area contributed by atoms with E-state index in [1.54, 1.807) is 39.2 Å². The first-order valence-corrected chi connectivity index (χ1v) is 9.05. The first-order chi connectivity index (χ1) is 14.4. The quantitative estimate of drug-likeness (QED) is 0.598. The van der Waals surface area contributed by atoms with Gasteiger partial charge < -0.3 is 24.5 Å². The van der Waals surface area contributed by atoms with E-state index in [0.717, 1.165) is 0 Å². The van der Waals surface area contributed by atoms with Gasteiger partial charge in [0.05, 0.1) is 19.0 Å². The number of aliphatic hydroxyl groups excluding tert-OH is 1. The second kappa shape index (κ2) is 9.14. The van der Waals surface area contributed by atoms with Crippen LogP contribution in [0.15, 0.2) is 47.7 Å². The molecule has 2 N–H and O–H groups in total. The molecule has 0 aliphatic rings. The summed E-state index contributed by atoms with van der Waals surface area (Å²) in [6.07, 6.45) is 3.72. The van der Waals surface area contributed by atoms with E-state index in [1.807, 2.05) is 0 Å². The van der Waals surface area contributed by atoms with Crippen LogP contribution in [-0.2, 0) is 0 Å². The van der Waals surface area contributed by atoms with Crippen LogP contribution < -0.4 is 15.0 Å². The minimum atomic E-state index is -0.449. The van der Waals surface area contributed by atoms with Gasteiger partial charge in [-0.15, -0.1) is 0 Å². The predicted octanol–water partition coefficient (Wildman–Crippen LogP) is 1.48. The largest absolute Gasteiger partial charge is 0.488 e. The van der Waals surface area contributed by atoms with E-state index in [-0.39, 0.29) is 23.9 Å². The van der Waals surface area contributed by atoms with Crippen LogP contribution >= 0.6 is 0 Å². The number of aromatic amines is 1. The van der Waals surface area contributed by atoms with Crippen LogP contribution in [0.5, 0.6) is 17.2 Å². The van der Waals surface area contributed by atoms with Crippen molar-refractivity contribution < 1.29 is 19.4 Å². The number of benzene rings is 1. The van der Waals surface area contributed by atoms with Gasteiger partial charge in [0.25, 0.3) is 11.5 Å². The van der Waals surface area contributed by atoms with Gasteiger partial charge in [-0.3, -0.25) is 9.59 Å². The molecule has 3 rings (SSSR count). The standard InChI is InChI=1S/C20H21N5O5/c1-12(11-26)29-14-6-13(18-21-5-4-17(27)24-18)7-15(8-14)30-16-9-22-19(23-10-16)20(28)25(2)3/h4-10,12,26H,11H2,1-3H3,(H,21,24,27). The van der Waals surface area contributed by atoms with Crippen LogP contribution in [0.1, 0.15) is 17.5 Å². The van der Waals surface area contributed by atoms with Crippen molar-refractivity contribution in [3.05, 3.63) is 59.0 Å². The molecule has 0 radical (unpaired) electrons. The van der Waals surface area contributed by atoms with E-state index in [1.165, 1.54) is 29.6 Å².